The van der Waals surface area contributed by atoms with Crippen molar-refractivity contribution >= 4 is 6.03 Å². The van der Waals surface area contributed by atoms with Crippen LogP contribution >= 0.6 is 0 Å². The van der Waals surface area contributed by atoms with E-state index in [1.54, 1.807) is 4.90 Å². The van der Waals surface area contributed by atoms with E-state index in [1.165, 1.54) is 6.42 Å². The quantitative estimate of drug-likeness (QED) is 0.735. The molecule has 1 heterocycles. The van der Waals surface area contributed by atoms with Gasteiger partial charge < -0.3 is 14.9 Å². The number of carbonyl (C=O) groups is 1. The number of urea groups is 1. The summed E-state index contributed by atoms with van der Waals surface area (Å²) in [5.74, 6) is 0. The zero-order valence-corrected chi connectivity index (χ0v) is 8.91. The van der Waals surface area contributed by atoms with Crippen molar-refractivity contribution in [1.29, 1.82) is 0 Å². The number of carbonyl (C=O) groups excluding carboxylic acids is 1. The highest BCUT2D eigenvalue weighted by Crippen LogP contribution is 2.10. The van der Waals surface area contributed by atoms with E-state index in [1.807, 2.05) is 11.8 Å². The van der Waals surface area contributed by atoms with E-state index in [-0.39, 0.29) is 12.6 Å². The largest absolute Gasteiger partial charge is 0.395 e. The summed E-state index contributed by atoms with van der Waals surface area (Å²) in [5, 5.41) is 8.80. The molecule has 0 unspecified atom stereocenters. The van der Waals surface area contributed by atoms with Crippen LogP contribution in [0.2, 0.25) is 0 Å². The van der Waals surface area contributed by atoms with Crippen molar-refractivity contribution < 1.29 is 9.90 Å². The van der Waals surface area contributed by atoms with Gasteiger partial charge in [-0.25, -0.2) is 4.79 Å². The highest BCUT2D eigenvalue weighted by atomic mass is 16.3. The van der Waals surface area contributed by atoms with E-state index in [9.17, 15) is 4.79 Å². The van der Waals surface area contributed by atoms with Crippen LogP contribution in [0.1, 0.15) is 26.2 Å². The van der Waals surface area contributed by atoms with Crippen molar-refractivity contribution in [2.24, 2.45) is 0 Å². The van der Waals surface area contributed by atoms with Crippen LogP contribution in [-0.4, -0.2) is 53.7 Å². The van der Waals surface area contributed by atoms with E-state index in [2.05, 4.69) is 0 Å². The van der Waals surface area contributed by atoms with Crippen LogP contribution in [0.3, 0.4) is 0 Å². The first-order valence-corrected chi connectivity index (χ1v) is 5.44. The first-order chi connectivity index (χ1) is 6.79. The van der Waals surface area contributed by atoms with Gasteiger partial charge in [0.1, 0.15) is 0 Å². The van der Waals surface area contributed by atoms with Gasteiger partial charge in [0.15, 0.2) is 0 Å². The molecular weight excluding hydrogens is 180 g/mol. The Balaban J connectivity index is 2.43. The SMILES string of the molecule is CCN(CCO)C(=O)N1CCCCC1. The monoisotopic (exact) mass is 200 g/mol. The van der Waals surface area contributed by atoms with Gasteiger partial charge in [-0.2, -0.15) is 0 Å². The second kappa shape index (κ2) is 5.86. The molecule has 1 N–H and O–H groups in total. The van der Waals surface area contributed by atoms with Gasteiger partial charge in [0, 0.05) is 26.2 Å². The molecule has 0 atom stereocenters. The minimum Gasteiger partial charge on any atom is -0.395 e. The van der Waals surface area contributed by atoms with Crippen molar-refractivity contribution in [3.8, 4) is 0 Å². The van der Waals surface area contributed by atoms with Gasteiger partial charge in [0.05, 0.1) is 6.61 Å². The van der Waals surface area contributed by atoms with Crippen LogP contribution in [0.25, 0.3) is 0 Å². The third kappa shape index (κ3) is 2.87. The van der Waals surface area contributed by atoms with Gasteiger partial charge in [-0.05, 0) is 26.2 Å². The number of hydrogen-bond acceptors (Lipinski definition) is 2. The van der Waals surface area contributed by atoms with Crippen LogP contribution in [0.15, 0.2) is 0 Å². The molecule has 1 rings (SSSR count). The molecule has 2 amide bonds. The van der Waals surface area contributed by atoms with Gasteiger partial charge in [0.2, 0.25) is 0 Å². The first-order valence-electron chi connectivity index (χ1n) is 5.44. The number of aliphatic hydroxyl groups excluding tert-OH is 1. The molecule has 0 aromatic carbocycles. The lowest BCUT2D eigenvalue weighted by molar-refractivity contribution is 0.134. The maximum atomic E-state index is 11.9. The molecule has 0 radical (unpaired) electrons. The molecule has 4 nitrogen and oxygen atoms in total. The highest BCUT2D eigenvalue weighted by molar-refractivity contribution is 5.74. The van der Waals surface area contributed by atoms with Crippen molar-refractivity contribution in [3.05, 3.63) is 0 Å². The third-order valence-electron chi connectivity index (χ3n) is 2.65. The van der Waals surface area contributed by atoms with Crippen molar-refractivity contribution in [2.75, 3.05) is 32.8 Å². The van der Waals surface area contributed by atoms with Crippen LogP contribution in [0.5, 0.6) is 0 Å². The maximum Gasteiger partial charge on any atom is 0.320 e. The summed E-state index contributed by atoms with van der Waals surface area (Å²) >= 11 is 0. The molecule has 1 aliphatic heterocycles. The summed E-state index contributed by atoms with van der Waals surface area (Å²) in [6.45, 7) is 4.87. The summed E-state index contributed by atoms with van der Waals surface area (Å²) in [7, 11) is 0. The number of amides is 2. The lowest BCUT2D eigenvalue weighted by Gasteiger charge is -2.32. The van der Waals surface area contributed by atoms with Gasteiger partial charge in [-0.15, -0.1) is 0 Å². The Bertz CT molecular complexity index is 172. The number of likely N-dealkylation sites (N-methyl/N-ethyl adjacent to an activating group) is 1. The second-order valence-corrected chi connectivity index (χ2v) is 3.63. The first kappa shape index (κ1) is 11.3. The van der Waals surface area contributed by atoms with Gasteiger partial charge in [-0.1, -0.05) is 0 Å². The fourth-order valence-corrected chi connectivity index (χ4v) is 1.79. The predicted molar refractivity (Wildman–Crippen MR) is 55.2 cm³/mol. The number of aliphatic hydroxyl groups is 1. The predicted octanol–water partition coefficient (Wildman–Crippen LogP) is 0.906. The molecule has 1 fully saturated rings. The standard InChI is InChI=1S/C10H20N2O2/c1-2-11(8-9-13)10(14)12-6-4-3-5-7-12/h13H,2-9H2,1H3. The molecule has 14 heavy (non-hydrogen) atoms. The molecular formula is C10H20N2O2. The average Bonchev–Trinajstić information content (AvgIpc) is 2.26. The summed E-state index contributed by atoms with van der Waals surface area (Å²) < 4.78 is 0. The number of rotatable bonds is 3. The Morgan fingerprint density at radius 2 is 2.00 bits per heavy atom. The van der Waals surface area contributed by atoms with E-state index in [4.69, 9.17) is 5.11 Å². The number of nitrogens with zero attached hydrogens (tertiary/aromatic N) is 2. The number of piperidine rings is 1. The summed E-state index contributed by atoms with van der Waals surface area (Å²) in [4.78, 5) is 15.5. The van der Waals surface area contributed by atoms with Crippen LogP contribution < -0.4 is 0 Å². The molecule has 0 spiro atoms. The Hall–Kier alpha value is -0.770. The molecule has 0 bridgehead atoms. The van der Waals surface area contributed by atoms with Crippen LogP contribution in [0.4, 0.5) is 4.79 Å². The Morgan fingerprint density at radius 1 is 1.36 bits per heavy atom. The molecule has 82 valence electrons. The zero-order valence-electron chi connectivity index (χ0n) is 8.91. The normalized spacial score (nSPS) is 16.9. The summed E-state index contributed by atoms with van der Waals surface area (Å²) in [6, 6.07) is 0.0845. The van der Waals surface area contributed by atoms with Gasteiger partial charge >= 0.3 is 6.03 Å². The molecule has 1 aliphatic rings. The van der Waals surface area contributed by atoms with Crippen molar-refractivity contribution in [1.82, 2.24) is 9.80 Å². The van der Waals surface area contributed by atoms with E-state index in [0.717, 1.165) is 25.9 Å². The smallest absolute Gasteiger partial charge is 0.320 e. The Labute approximate surface area is 85.5 Å². The molecule has 0 saturated carbocycles. The molecule has 1 saturated heterocycles. The minimum absolute atomic E-state index is 0.0490. The summed E-state index contributed by atoms with van der Waals surface area (Å²) in [6.07, 6.45) is 3.46. The fraction of sp³-hybridized carbons (Fsp3) is 0.900. The summed E-state index contributed by atoms with van der Waals surface area (Å²) in [5.41, 5.74) is 0. The fourth-order valence-electron chi connectivity index (χ4n) is 1.79. The Morgan fingerprint density at radius 3 is 2.50 bits per heavy atom. The molecule has 0 aromatic rings. The van der Waals surface area contributed by atoms with E-state index >= 15 is 0 Å². The molecule has 4 heteroatoms. The third-order valence-corrected chi connectivity index (χ3v) is 2.65. The average molecular weight is 200 g/mol. The highest BCUT2D eigenvalue weighted by Gasteiger charge is 2.20. The van der Waals surface area contributed by atoms with E-state index in [0.29, 0.717) is 13.1 Å². The van der Waals surface area contributed by atoms with Gasteiger partial charge in [0.25, 0.3) is 0 Å². The maximum absolute atomic E-state index is 11.9. The lowest BCUT2D eigenvalue weighted by atomic mass is 10.1. The van der Waals surface area contributed by atoms with Crippen molar-refractivity contribution in [2.45, 2.75) is 26.2 Å². The van der Waals surface area contributed by atoms with E-state index < -0.39 is 0 Å². The lowest BCUT2D eigenvalue weighted by Crippen LogP contribution is -2.46. The van der Waals surface area contributed by atoms with Crippen LogP contribution in [-0.2, 0) is 0 Å². The number of hydrogen-bond donors (Lipinski definition) is 1. The van der Waals surface area contributed by atoms with Crippen molar-refractivity contribution in [3.63, 3.8) is 0 Å². The number of likely N-dealkylation sites (tertiary alicyclic amines) is 1. The zero-order chi connectivity index (χ0) is 10.4. The molecule has 0 aliphatic carbocycles. The second-order valence-electron chi connectivity index (χ2n) is 3.63. The topological polar surface area (TPSA) is 43.8 Å². The van der Waals surface area contributed by atoms with Crippen LogP contribution in [0, 0.1) is 0 Å². The molecule has 0 aromatic heterocycles. The van der Waals surface area contributed by atoms with Gasteiger partial charge in [-0.3, -0.25) is 0 Å². The minimum atomic E-state index is 0.0490. The Kier molecular flexibility index (Phi) is 4.73.